The van der Waals surface area contributed by atoms with Crippen molar-refractivity contribution in [3.8, 4) is 40.4 Å². The lowest BCUT2D eigenvalue weighted by atomic mass is 9.90. The number of nitrogens with one attached hydrogen (secondary N) is 1. The summed E-state index contributed by atoms with van der Waals surface area (Å²) in [4.78, 5) is 13.3. The molecule has 3 N–H and O–H groups in total. The Labute approximate surface area is 215 Å². The van der Waals surface area contributed by atoms with Crippen LogP contribution in [-0.4, -0.2) is 44.4 Å². The van der Waals surface area contributed by atoms with Gasteiger partial charge in [-0.15, -0.1) is 10.2 Å². The maximum atomic E-state index is 9.46. The van der Waals surface area contributed by atoms with Crippen molar-refractivity contribution in [2.45, 2.75) is 44.7 Å². The first-order valence-electron chi connectivity index (χ1n) is 12.2. The predicted molar refractivity (Wildman–Crippen MR) is 138 cm³/mol. The van der Waals surface area contributed by atoms with E-state index in [2.05, 4.69) is 36.5 Å². The summed E-state index contributed by atoms with van der Waals surface area (Å²) in [6, 6.07) is 14.4. The number of nitrogens with two attached hydrogens (primary N) is 1. The molecule has 37 heavy (non-hydrogen) atoms. The van der Waals surface area contributed by atoms with Gasteiger partial charge in [0.05, 0.1) is 29.1 Å². The fourth-order valence-electron chi connectivity index (χ4n) is 4.05. The van der Waals surface area contributed by atoms with Gasteiger partial charge in [-0.1, -0.05) is 12.1 Å². The monoisotopic (exact) mass is 496 g/mol. The third-order valence-corrected chi connectivity index (χ3v) is 6.42. The fraction of sp³-hybridized carbons (Fsp3) is 0.333. The number of hydrogen-bond donors (Lipinski definition) is 2. The zero-order valence-corrected chi connectivity index (χ0v) is 20.8. The summed E-state index contributed by atoms with van der Waals surface area (Å²) in [6.07, 6.45) is 5.29. The van der Waals surface area contributed by atoms with Gasteiger partial charge in [0, 0.05) is 43.1 Å². The molecule has 0 spiro atoms. The van der Waals surface area contributed by atoms with E-state index in [-0.39, 0.29) is 11.7 Å². The number of rotatable bonds is 7. The Morgan fingerprint density at radius 3 is 2.57 bits per heavy atom. The van der Waals surface area contributed by atoms with Gasteiger partial charge in [-0.2, -0.15) is 5.26 Å². The van der Waals surface area contributed by atoms with Crippen molar-refractivity contribution in [3.05, 3.63) is 60.0 Å². The van der Waals surface area contributed by atoms with Crippen molar-refractivity contribution >= 4 is 5.82 Å². The highest BCUT2D eigenvalue weighted by Gasteiger charge is 2.23. The highest BCUT2D eigenvalue weighted by Crippen LogP contribution is 2.29. The molecule has 4 aromatic rings. The van der Waals surface area contributed by atoms with E-state index < -0.39 is 5.41 Å². The lowest BCUT2D eigenvalue weighted by molar-refractivity contribution is 0.0776. The first-order chi connectivity index (χ1) is 17.9. The molecule has 1 aliphatic heterocycles. The molecule has 0 amide bonds. The first kappa shape index (κ1) is 24.5. The Morgan fingerprint density at radius 1 is 1.05 bits per heavy atom. The van der Waals surface area contributed by atoms with Crippen molar-refractivity contribution in [3.63, 3.8) is 0 Å². The summed E-state index contributed by atoms with van der Waals surface area (Å²) in [7, 11) is 0. The molecule has 1 aromatic carbocycles. The molecular formula is C27H28N8O2. The molecule has 1 aliphatic rings. The molecule has 10 nitrogen and oxygen atoms in total. The summed E-state index contributed by atoms with van der Waals surface area (Å²) in [6.45, 7) is 6.05. The van der Waals surface area contributed by atoms with Gasteiger partial charge in [-0.25, -0.2) is 9.97 Å². The molecule has 1 fully saturated rings. The van der Waals surface area contributed by atoms with Gasteiger partial charge in [0.25, 0.3) is 5.89 Å². The number of pyridine rings is 1. The van der Waals surface area contributed by atoms with E-state index in [9.17, 15) is 5.26 Å². The number of hydrogen-bond acceptors (Lipinski definition) is 10. The number of nitrogens with zero attached hydrogens (tertiary/aromatic N) is 6. The van der Waals surface area contributed by atoms with Gasteiger partial charge in [0.15, 0.2) is 11.5 Å². The third kappa shape index (κ3) is 5.48. The number of aromatic nitrogens is 5. The van der Waals surface area contributed by atoms with Crippen molar-refractivity contribution < 1.29 is 9.15 Å². The van der Waals surface area contributed by atoms with Crippen LogP contribution in [0.5, 0.6) is 0 Å². The maximum absolute atomic E-state index is 9.46. The normalized spacial score (nSPS) is 14.4. The number of anilines is 1. The van der Waals surface area contributed by atoms with Crippen LogP contribution in [0.2, 0.25) is 0 Å². The van der Waals surface area contributed by atoms with Crippen molar-refractivity contribution in [1.29, 1.82) is 5.26 Å². The van der Waals surface area contributed by atoms with E-state index in [1.807, 2.05) is 44.2 Å². The van der Waals surface area contributed by atoms with Crippen LogP contribution in [0.25, 0.3) is 34.3 Å². The lowest BCUT2D eigenvalue weighted by Gasteiger charge is -2.23. The van der Waals surface area contributed by atoms with Crippen LogP contribution in [0, 0.1) is 11.3 Å². The van der Waals surface area contributed by atoms with Crippen molar-refractivity contribution in [1.82, 2.24) is 30.5 Å². The molecule has 0 unspecified atom stereocenters. The number of benzene rings is 1. The number of ether oxygens (including phenoxy) is 1. The van der Waals surface area contributed by atoms with E-state index in [4.69, 9.17) is 14.9 Å². The van der Waals surface area contributed by atoms with Crippen LogP contribution in [0.15, 0.2) is 53.2 Å². The molecule has 10 heteroatoms. The van der Waals surface area contributed by atoms with E-state index in [1.165, 1.54) is 5.56 Å². The minimum atomic E-state index is -0.738. The molecule has 0 radical (unpaired) electrons. The highest BCUT2D eigenvalue weighted by atomic mass is 16.5. The second-order valence-corrected chi connectivity index (χ2v) is 9.53. The molecule has 0 bridgehead atoms. The molecule has 0 atom stereocenters. The standard InChI is InChI=1S/C27H28N8O2/c1-27(2,16-28)22-13-19(7-10-30-22)21-15-32-24(29)23(33-21)26-35-34-25(37-26)18-5-3-17(4-6-18)14-31-20-8-11-36-12-9-20/h3-7,10,13,15,20,31H,8-9,11-12,14H2,1-2H3,(H2,29,32). The summed E-state index contributed by atoms with van der Waals surface area (Å²) in [5.41, 5.74) is 9.60. The van der Waals surface area contributed by atoms with Crippen LogP contribution < -0.4 is 11.1 Å². The zero-order valence-electron chi connectivity index (χ0n) is 20.8. The molecule has 0 aliphatic carbocycles. The average Bonchev–Trinajstić information content (AvgIpc) is 3.43. The molecular weight excluding hydrogens is 468 g/mol. The average molecular weight is 497 g/mol. The smallest absolute Gasteiger partial charge is 0.270 e. The summed E-state index contributed by atoms with van der Waals surface area (Å²) < 4.78 is 11.3. The Bertz CT molecular complexity index is 1420. The SMILES string of the molecule is CC(C)(C#N)c1cc(-c2cnc(N)c(-c3nnc(-c4ccc(CNC5CCOCC5)cc4)o3)n2)ccn1. The van der Waals surface area contributed by atoms with Gasteiger partial charge in [0.2, 0.25) is 5.89 Å². The summed E-state index contributed by atoms with van der Waals surface area (Å²) in [5.74, 6) is 0.728. The van der Waals surface area contributed by atoms with Crippen LogP contribution in [-0.2, 0) is 16.7 Å². The van der Waals surface area contributed by atoms with Crippen LogP contribution in [0.3, 0.4) is 0 Å². The van der Waals surface area contributed by atoms with Crippen LogP contribution >= 0.6 is 0 Å². The molecule has 3 aromatic heterocycles. The van der Waals surface area contributed by atoms with Gasteiger partial charge >= 0.3 is 0 Å². The summed E-state index contributed by atoms with van der Waals surface area (Å²) in [5, 5.41) is 21.4. The van der Waals surface area contributed by atoms with Gasteiger partial charge in [0.1, 0.15) is 0 Å². The Kier molecular flexibility index (Phi) is 6.90. The maximum Gasteiger partial charge on any atom is 0.270 e. The number of nitriles is 1. The number of nitrogen functional groups attached to an aromatic ring is 1. The Balaban J connectivity index is 1.34. The minimum absolute atomic E-state index is 0.179. The largest absolute Gasteiger partial charge is 0.414 e. The zero-order chi connectivity index (χ0) is 25.8. The molecule has 5 rings (SSSR count). The molecule has 188 valence electrons. The highest BCUT2D eigenvalue weighted by molar-refractivity contribution is 5.69. The second-order valence-electron chi connectivity index (χ2n) is 9.53. The van der Waals surface area contributed by atoms with Crippen LogP contribution in [0.4, 0.5) is 5.82 Å². The quantitative estimate of drug-likeness (QED) is 0.386. The molecule has 0 saturated carbocycles. The first-order valence-corrected chi connectivity index (χ1v) is 12.2. The minimum Gasteiger partial charge on any atom is -0.414 e. The summed E-state index contributed by atoms with van der Waals surface area (Å²) >= 11 is 0. The Hall–Kier alpha value is -4.20. The van der Waals surface area contributed by atoms with E-state index in [0.29, 0.717) is 29.0 Å². The van der Waals surface area contributed by atoms with E-state index in [1.54, 1.807) is 18.5 Å². The molecule has 4 heterocycles. The van der Waals surface area contributed by atoms with E-state index >= 15 is 0 Å². The fourth-order valence-corrected chi connectivity index (χ4v) is 4.05. The van der Waals surface area contributed by atoms with Gasteiger partial charge in [-0.05, 0) is 56.5 Å². The predicted octanol–water partition coefficient (Wildman–Crippen LogP) is 3.91. The molecule has 1 saturated heterocycles. The van der Waals surface area contributed by atoms with Gasteiger partial charge in [-0.3, -0.25) is 4.98 Å². The van der Waals surface area contributed by atoms with Crippen molar-refractivity contribution in [2.24, 2.45) is 0 Å². The Morgan fingerprint density at radius 2 is 1.81 bits per heavy atom. The van der Waals surface area contributed by atoms with E-state index in [0.717, 1.165) is 43.7 Å². The topological polar surface area (TPSA) is 149 Å². The van der Waals surface area contributed by atoms with Crippen LogP contribution in [0.1, 0.15) is 37.9 Å². The van der Waals surface area contributed by atoms with Gasteiger partial charge < -0.3 is 20.2 Å². The van der Waals surface area contributed by atoms with Crippen molar-refractivity contribution in [2.75, 3.05) is 18.9 Å². The lowest BCUT2D eigenvalue weighted by Crippen LogP contribution is -2.34. The second kappa shape index (κ2) is 10.4. The third-order valence-electron chi connectivity index (χ3n) is 6.42.